The normalized spacial score (nSPS) is 10.9. The van der Waals surface area contributed by atoms with Crippen LogP contribution < -0.4 is 5.43 Å². The summed E-state index contributed by atoms with van der Waals surface area (Å²) in [5, 5.41) is 20.5. The molecule has 0 unspecified atom stereocenters. The van der Waals surface area contributed by atoms with Gasteiger partial charge in [-0.1, -0.05) is 21.1 Å². The molecule has 0 aliphatic heterocycles. The zero-order chi connectivity index (χ0) is 14.7. The monoisotopic (exact) mass is 402 g/mol. The van der Waals surface area contributed by atoms with E-state index in [9.17, 15) is 9.90 Å². The van der Waals surface area contributed by atoms with E-state index in [-0.39, 0.29) is 11.4 Å². The van der Waals surface area contributed by atoms with Crippen LogP contribution in [0.25, 0.3) is 0 Å². The molecule has 2 rings (SSSR count). The van der Waals surface area contributed by atoms with E-state index in [1.165, 1.54) is 6.21 Å². The van der Waals surface area contributed by atoms with Crippen molar-refractivity contribution in [2.75, 3.05) is 0 Å². The number of benzene rings is 1. The number of carbonyl (C=O) groups is 1. The van der Waals surface area contributed by atoms with E-state index in [0.29, 0.717) is 15.7 Å². The standard InChI is InChI=1S/C11H8Br2N4O3/c1-5-9(17-20-16-5)11(19)15-14-4-6-2-7(12)3-8(13)10(6)18/h2-4,18H,1H3,(H,15,19)/b14-4+. The van der Waals surface area contributed by atoms with Crippen LogP contribution >= 0.6 is 31.9 Å². The third-order valence-electron chi connectivity index (χ3n) is 2.30. The topological polar surface area (TPSA) is 101 Å². The fraction of sp³-hybridized carbons (Fsp3) is 0.0909. The second-order valence-corrected chi connectivity index (χ2v) is 5.49. The number of aromatic nitrogens is 2. The quantitative estimate of drug-likeness (QED) is 0.605. The van der Waals surface area contributed by atoms with Gasteiger partial charge in [0, 0.05) is 10.0 Å². The molecule has 0 fully saturated rings. The number of halogens is 2. The molecule has 1 aromatic heterocycles. The van der Waals surface area contributed by atoms with E-state index in [1.54, 1.807) is 19.1 Å². The molecular formula is C11H8Br2N4O3. The minimum Gasteiger partial charge on any atom is -0.506 e. The summed E-state index contributed by atoms with van der Waals surface area (Å²) >= 11 is 6.49. The van der Waals surface area contributed by atoms with Crippen LogP contribution in [0.3, 0.4) is 0 Å². The van der Waals surface area contributed by atoms with Crippen LogP contribution in [0.4, 0.5) is 0 Å². The first-order chi connectivity index (χ1) is 9.49. The highest BCUT2D eigenvalue weighted by Crippen LogP contribution is 2.30. The molecule has 104 valence electrons. The highest BCUT2D eigenvalue weighted by atomic mass is 79.9. The first-order valence-electron chi connectivity index (χ1n) is 5.29. The largest absolute Gasteiger partial charge is 0.506 e. The maximum Gasteiger partial charge on any atom is 0.295 e. The van der Waals surface area contributed by atoms with E-state index in [2.05, 4.69) is 57.3 Å². The Morgan fingerprint density at radius 3 is 2.85 bits per heavy atom. The molecule has 0 aliphatic rings. The minimum atomic E-state index is -0.548. The molecule has 2 aromatic rings. The van der Waals surface area contributed by atoms with Gasteiger partial charge in [0.2, 0.25) is 0 Å². The van der Waals surface area contributed by atoms with E-state index in [1.807, 2.05) is 0 Å². The smallest absolute Gasteiger partial charge is 0.295 e. The minimum absolute atomic E-state index is 0.0190. The Hall–Kier alpha value is -1.74. The van der Waals surface area contributed by atoms with Gasteiger partial charge in [0.15, 0.2) is 5.69 Å². The highest BCUT2D eigenvalue weighted by Gasteiger charge is 2.14. The van der Waals surface area contributed by atoms with Gasteiger partial charge >= 0.3 is 0 Å². The van der Waals surface area contributed by atoms with Crippen LogP contribution in [0.1, 0.15) is 21.7 Å². The van der Waals surface area contributed by atoms with Crippen LogP contribution in [-0.4, -0.2) is 27.5 Å². The van der Waals surface area contributed by atoms with E-state index in [4.69, 9.17) is 0 Å². The molecule has 20 heavy (non-hydrogen) atoms. The van der Waals surface area contributed by atoms with Crippen molar-refractivity contribution in [3.8, 4) is 5.75 Å². The van der Waals surface area contributed by atoms with Gasteiger partial charge in [-0.05, 0) is 40.1 Å². The number of amides is 1. The van der Waals surface area contributed by atoms with Gasteiger partial charge in [0.05, 0.1) is 10.7 Å². The van der Waals surface area contributed by atoms with Crippen LogP contribution in [0.15, 0.2) is 30.8 Å². The van der Waals surface area contributed by atoms with Crippen LogP contribution in [0.5, 0.6) is 5.75 Å². The zero-order valence-electron chi connectivity index (χ0n) is 10.1. The summed E-state index contributed by atoms with van der Waals surface area (Å²) in [6.45, 7) is 1.59. The molecule has 0 saturated carbocycles. The summed E-state index contributed by atoms with van der Waals surface area (Å²) in [7, 11) is 0. The Balaban J connectivity index is 2.11. The summed E-state index contributed by atoms with van der Waals surface area (Å²) < 4.78 is 5.68. The molecule has 1 amide bonds. The molecule has 0 aliphatic carbocycles. The molecule has 7 nitrogen and oxygen atoms in total. The van der Waals surface area contributed by atoms with Crippen molar-refractivity contribution in [2.45, 2.75) is 6.92 Å². The Labute approximate surface area is 130 Å². The lowest BCUT2D eigenvalue weighted by atomic mass is 10.2. The van der Waals surface area contributed by atoms with Gasteiger partial charge in [-0.25, -0.2) is 10.1 Å². The molecule has 0 bridgehead atoms. The SMILES string of the molecule is Cc1nonc1C(=O)N/N=C/c1cc(Br)cc(Br)c1O. The number of phenolic OH excluding ortho intramolecular Hbond substituents is 1. The molecule has 1 heterocycles. The van der Waals surface area contributed by atoms with E-state index < -0.39 is 5.91 Å². The van der Waals surface area contributed by atoms with Crippen molar-refractivity contribution >= 4 is 44.0 Å². The van der Waals surface area contributed by atoms with Gasteiger partial charge in [-0.2, -0.15) is 5.10 Å². The van der Waals surface area contributed by atoms with Crippen LogP contribution in [0, 0.1) is 6.92 Å². The number of aryl methyl sites for hydroxylation is 1. The Morgan fingerprint density at radius 2 is 2.20 bits per heavy atom. The van der Waals surface area contributed by atoms with Crippen LogP contribution in [0.2, 0.25) is 0 Å². The third kappa shape index (κ3) is 3.23. The maximum absolute atomic E-state index is 11.7. The number of hydrazone groups is 1. The molecule has 0 radical (unpaired) electrons. The van der Waals surface area contributed by atoms with Crippen LogP contribution in [-0.2, 0) is 0 Å². The van der Waals surface area contributed by atoms with Gasteiger partial charge in [0.1, 0.15) is 11.4 Å². The average molecular weight is 404 g/mol. The highest BCUT2D eigenvalue weighted by molar-refractivity contribution is 9.11. The maximum atomic E-state index is 11.7. The van der Waals surface area contributed by atoms with Crippen molar-refractivity contribution in [3.63, 3.8) is 0 Å². The Kier molecular flexibility index (Phi) is 4.50. The van der Waals surface area contributed by atoms with Crippen molar-refractivity contribution in [1.82, 2.24) is 15.7 Å². The molecule has 9 heteroatoms. The van der Waals surface area contributed by atoms with Crippen molar-refractivity contribution in [2.24, 2.45) is 5.10 Å². The van der Waals surface area contributed by atoms with Crippen molar-refractivity contribution < 1.29 is 14.5 Å². The van der Waals surface area contributed by atoms with Gasteiger partial charge in [-0.15, -0.1) is 0 Å². The fourth-order valence-corrected chi connectivity index (χ4v) is 2.59. The predicted molar refractivity (Wildman–Crippen MR) is 77.6 cm³/mol. The number of aromatic hydroxyl groups is 1. The first kappa shape index (κ1) is 14.7. The molecule has 2 N–H and O–H groups in total. The number of nitrogens with zero attached hydrogens (tertiary/aromatic N) is 3. The number of hydrogen-bond acceptors (Lipinski definition) is 6. The summed E-state index contributed by atoms with van der Waals surface area (Å²) in [5.74, 6) is -0.529. The summed E-state index contributed by atoms with van der Waals surface area (Å²) in [4.78, 5) is 11.7. The van der Waals surface area contributed by atoms with Crippen molar-refractivity contribution in [1.29, 1.82) is 0 Å². The zero-order valence-corrected chi connectivity index (χ0v) is 13.3. The number of hydrogen-bond donors (Lipinski definition) is 2. The fourth-order valence-electron chi connectivity index (χ4n) is 1.34. The second kappa shape index (κ2) is 6.14. The van der Waals surface area contributed by atoms with E-state index in [0.717, 1.165) is 4.47 Å². The molecule has 0 spiro atoms. The van der Waals surface area contributed by atoms with Gasteiger partial charge in [0.25, 0.3) is 5.91 Å². The van der Waals surface area contributed by atoms with Gasteiger partial charge in [-0.3, -0.25) is 4.79 Å². The Bertz CT molecular complexity index is 684. The molecular weight excluding hydrogens is 396 g/mol. The summed E-state index contributed by atoms with van der Waals surface area (Å²) in [6, 6.07) is 3.34. The van der Waals surface area contributed by atoms with Crippen molar-refractivity contribution in [3.05, 3.63) is 38.0 Å². The first-order valence-corrected chi connectivity index (χ1v) is 6.88. The number of rotatable bonds is 3. The lowest BCUT2D eigenvalue weighted by molar-refractivity contribution is 0.0945. The number of phenols is 1. The molecule has 0 saturated heterocycles. The molecule has 0 atom stereocenters. The lowest BCUT2D eigenvalue weighted by Crippen LogP contribution is -2.19. The summed E-state index contributed by atoms with van der Waals surface area (Å²) in [6.07, 6.45) is 1.31. The molecule has 1 aromatic carbocycles. The number of carbonyl (C=O) groups excluding carboxylic acids is 1. The van der Waals surface area contributed by atoms with E-state index >= 15 is 0 Å². The number of nitrogens with one attached hydrogen (secondary N) is 1. The summed E-state index contributed by atoms with van der Waals surface area (Å²) in [5.41, 5.74) is 3.12. The lowest BCUT2D eigenvalue weighted by Gasteiger charge is -2.02. The van der Waals surface area contributed by atoms with Gasteiger partial charge < -0.3 is 5.11 Å². The Morgan fingerprint density at radius 1 is 1.45 bits per heavy atom. The predicted octanol–water partition coefficient (Wildman–Crippen LogP) is 2.37. The third-order valence-corrected chi connectivity index (χ3v) is 3.36. The second-order valence-electron chi connectivity index (χ2n) is 3.72. The average Bonchev–Trinajstić information content (AvgIpc) is 2.81.